The molecule has 98 valence electrons. The van der Waals surface area contributed by atoms with E-state index in [4.69, 9.17) is 11.0 Å². The molecule has 1 unspecified atom stereocenters. The SMILES string of the molecule is N#C[C@@H](NC(=O)[C@@H]1CCCCC1C(N)=O)C1CC1. The van der Waals surface area contributed by atoms with Crippen LogP contribution in [0.3, 0.4) is 0 Å². The number of rotatable bonds is 4. The Morgan fingerprint density at radius 1 is 1.17 bits per heavy atom. The van der Waals surface area contributed by atoms with Gasteiger partial charge < -0.3 is 11.1 Å². The highest BCUT2D eigenvalue weighted by atomic mass is 16.2. The van der Waals surface area contributed by atoms with Gasteiger partial charge in [0.2, 0.25) is 11.8 Å². The van der Waals surface area contributed by atoms with Gasteiger partial charge in [-0.15, -0.1) is 0 Å². The molecule has 2 aliphatic carbocycles. The molecular weight excluding hydrogens is 230 g/mol. The van der Waals surface area contributed by atoms with Gasteiger partial charge in [0.25, 0.3) is 0 Å². The van der Waals surface area contributed by atoms with Gasteiger partial charge in [-0.3, -0.25) is 9.59 Å². The molecule has 0 saturated heterocycles. The number of primary amides is 1. The molecule has 0 radical (unpaired) electrons. The third kappa shape index (κ3) is 2.81. The number of carbonyl (C=O) groups is 2. The van der Waals surface area contributed by atoms with Crippen molar-refractivity contribution >= 4 is 11.8 Å². The lowest BCUT2D eigenvalue weighted by Crippen LogP contribution is -2.45. The summed E-state index contributed by atoms with van der Waals surface area (Å²) in [5.74, 6) is -0.968. The van der Waals surface area contributed by atoms with Crippen molar-refractivity contribution in [3.05, 3.63) is 0 Å². The zero-order valence-electron chi connectivity index (χ0n) is 10.4. The highest BCUT2D eigenvalue weighted by molar-refractivity contribution is 5.87. The standard InChI is InChI=1S/C13H19N3O2/c14-7-11(8-5-6-8)16-13(18)10-4-2-1-3-9(10)12(15)17/h8-11H,1-6H2,(H2,15,17)(H,16,18)/t9?,10-,11-/m1/s1. The van der Waals surface area contributed by atoms with E-state index in [1.165, 1.54) is 0 Å². The lowest BCUT2D eigenvalue weighted by Gasteiger charge is -2.28. The Hall–Kier alpha value is -1.57. The molecular formula is C13H19N3O2. The van der Waals surface area contributed by atoms with E-state index in [-0.39, 0.29) is 17.7 Å². The zero-order chi connectivity index (χ0) is 13.1. The van der Waals surface area contributed by atoms with E-state index in [0.29, 0.717) is 18.8 Å². The summed E-state index contributed by atoms with van der Waals surface area (Å²) in [7, 11) is 0. The van der Waals surface area contributed by atoms with Crippen LogP contribution in [0.15, 0.2) is 0 Å². The minimum Gasteiger partial charge on any atom is -0.369 e. The summed E-state index contributed by atoms with van der Waals surface area (Å²) in [5, 5.41) is 11.8. The molecule has 2 fully saturated rings. The fourth-order valence-corrected chi connectivity index (χ4v) is 2.73. The second-order valence-corrected chi connectivity index (χ2v) is 5.35. The van der Waals surface area contributed by atoms with Gasteiger partial charge in [0.1, 0.15) is 6.04 Å². The van der Waals surface area contributed by atoms with Crippen molar-refractivity contribution < 1.29 is 9.59 Å². The molecule has 2 amide bonds. The molecule has 18 heavy (non-hydrogen) atoms. The Balaban J connectivity index is 1.97. The number of nitrogens with two attached hydrogens (primary N) is 1. The van der Waals surface area contributed by atoms with Gasteiger partial charge in [-0.2, -0.15) is 5.26 Å². The van der Waals surface area contributed by atoms with E-state index in [1.807, 2.05) is 0 Å². The van der Waals surface area contributed by atoms with E-state index in [1.54, 1.807) is 0 Å². The summed E-state index contributed by atoms with van der Waals surface area (Å²) in [6.07, 6.45) is 5.28. The van der Waals surface area contributed by atoms with Gasteiger partial charge in [0.05, 0.1) is 6.07 Å². The average molecular weight is 249 g/mol. The Labute approximate surface area is 107 Å². The van der Waals surface area contributed by atoms with Gasteiger partial charge in [-0.1, -0.05) is 12.8 Å². The molecule has 0 aromatic heterocycles. The maximum Gasteiger partial charge on any atom is 0.224 e. The Bertz CT molecular complexity index is 384. The maximum absolute atomic E-state index is 12.1. The molecule has 0 heterocycles. The normalized spacial score (nSPS) is 29.1. The van der Waals surface area contributed by atoms with Crippen molar-refractivity contribution in [3.63, 3.8) is 0 Å². The average Bonchev–Trinajstić information content (AvgIpc) is 3.19. The molecule has 0 aromatic rings. The molecule has 2 rings (SSSR count). The van der Waals surface area contributed by atoms with E-state index in [0.717, 1.165) is 25.7 Å². The van der Waals surface area contributed by atoms with Crippen molar-refractivity contribution in [1.29, 1.82) is 5.26 Å². The van der Waals surface area contributed by atoms with Crippen LogP contribution in [0.2, 0.25) is 0 Å². The summed E-state index contributed by atoms with van der Waals surface area (Å²) >= 11 is 0. The molecule has 3 atom stereocenters. The summed E-state index contributed by atoms with van der Waals surface area (Å²) in [5.41, 5.74) is 5.35. The molecule has 5 heteroatoms. The Morgan fingerprint density at radius 3 is 2.28 bits per heavy atom. The molecule has 5 nitrogen and oxygen atoms in total. The molecule has 0 aliphatic heterocycles. The zero-order valence-corrected chi connectivity index (χ0v) is 10.4. The third-order valence-electron chi connectivity index (χ3n) is 4.00. The van der Waals surface area contributed by atoms with Crippen LogP contribution in [0.1, 0.15) is 38.5 Å². The monoisotopic (exact) mass is 249 g/mol. The fourth-order valence-electron chi connectivity index (χ4n) is 2.73. The van der Waals surface area contributed by atoms with Gasteiger partial charge >= 0.3 is 0 Å². The first-order valence-electron chi connectivity index (χ1n) is 6.62. The van der Waals surface area contributed by atoms with E-state index < -0.39 is 11.9 Å². The van der Waals surface area contributed by atoms with Crippen molar-refractivity contribution in [2.75, 3.05) is 0 Å². The van der Waals surface area contributed by atoms with Crippen LogP contribution in [0.25, 0.3) is 0 Å². The van der Waals surface area contributed by atoms with Crippen LogP contribution >= 0.6 is 0 Å². The van der Waals surface area contributed by atoms with E-state index in [9.17, 15) is 9.59 Å². The number of nitrogens with zero attached hydrogens (tertiary/aromatic N) is 1. The van der Waals surface area contributed by atoms with Gasteiger partial charge in [-0.05, 0) is 31.6 Å². The second-order valence-electron chi connectivity index (χ2n) is 5.35. The Kier molecular flexibility index (Phi) is 3.85. The summed E-state index contributed by atoms with van der Waals surface area (Å²) in [6.45, 7) is 0. The summed E-state index contributed by atoms with van der Waals surface area (Å²) in [6, 6.07) is 1.73. The Morgan fingerprint density at radius 2 is 1.78 bits per heavy atom. The first kappa shape index (κ1) is 12.9. The number of nitrogens with one attached hydrogen (secondary N) is 1. The van der Waals surface area contributed by atoms with Crippen LogP contribution in [-0.4, -0.2) is 17.9 Å². The molecule has 0 spiro atoms. The van der Waals surface area contributed by atoms with Crippen LogP contribution < -0.4 is 11.1 Å². The summed E-state index contributed by atoms with van der Waals surface area (Å²) < 4.78 is 0. The van der Waals surface area contributed by atoms with Crippen LogP contribution in [-0.2, 0) is 9.59 Å². The number of nitriles is 1. The number of hydrogen-bond donors (Lipinski definition) is 2. The van der Waals surface area contributed by atoms with Gasteiger partial charge in [0, 0.05) is 11.8 Å². The third-order valence-corrected chi connectivity index (χ3v) is 4.00. The lowest BCUT2D eigenvalue weighted by molar-refractivity contribution is -0.135. The van der Waals surface area contributed by atoms with Crippen molar-refractivity contribution in [3.8, 4) is 6.07 Å². The lowest BCUT2D eigenvalue weighted by atomic mass is 9.78. The predicted octanol–water partition coefficient (Wildman–Crippen LogP) is 0.696. The van der Waals surface area contributed by atoms with Crippen LogP contribution in [0.4, 0.5) is 0 Å². The highest BCUT2D eigenvalue weighted by Gasteiger charge is 2.38. The second kappa shape index (κ2) is 5.38. The van der Waals surface area contributed by atoms with Crippen molar-refractivity contribution in [2.45, 2.75) is 44.6 Å². The smallest absolute Gasteiger partial charge is 0.224 e. The molecule has 0 bridgehead atoms. The quantitative estimate of drug-likeness (QED) is 0.767. The fraction of sp³-hybridized carbons (Fsp3) is 0.769. The molecule has 2 aliphatic rings. The number of hydrogen-bond acceptors (Lipinski definition) is 3. The molecule has 0 aromatic carbocycles. The molecule has 2 saturated carbocycles. The topological polar surface area (TPSA) is 96.0 Å². The van der Waals surface area contributed by atoms with Crippen LogP contribution in [0.5, 0.6) is 0 Å². The number of amides is 2. The maximum atomic E-state index is 12.1. The van der Waals surface area contributed by atoms with E-state index in [2.05, 4.69) is 11.4 Å². The largest absolute Gasteiger partial charge is 0.369 e. The first-order chi connectivity index (χ1) is 8.63. The minimum absolute atomic E-state index is 0.169. The first-order valence-corrected chi connectivity index (χ1v) is 6.62. The molecule has 3 N–H and O–H groups in total. The van der Waals surface area contributed by atoms with Crippen LogP contribution in [0, 0.1) is 29.1 Å². The number of carbonyl (C=O) groups excluding carboxylic acids is 2. The summed E-state index contributed by atoms with van der Waals surface area (Å²) in [4.78, 5) is 23.5. The minimum atomic E-state index is -0.395. The van der Waals surface area contributed by atoms with Crippen molar-refractivity contribution in [2.24, 2.45) is 23.5 Å². The van der Waals surface area contributed by atoms with Gasteiger partial charge in [0.15, 0.2) is 0 Å². The van der Waals surface area contributed by atoms with Crippen molar-refractivity contribution in [1.82, 2.24) is 5.32 Å². The highest BCUT2D eigenvalue weighted by Crippen LogP contribution is 2.34. The predicted molar refractivity (Wildman–Crippen MR) is 64.9 cm³/mol. The van der Waals surface area contributed by atoms with E-state index >= 15 is 0 Å². The van der Waals surface area contributed by atoms with Gasteiger partial charge in [-0.25, -0.2) is 0 Å².